The summed E-state index contributed by atoms with van der Waals surface area (Å²) in [6, 6.07) is 0. The molecule has 0 aliphatic carbocycles. The van der Waals surface area contributed by atoms with Crippen molar-refractivity contribution in [3.8, 4) is 0 Å². The third kappa shape index (κ3) is 114. The molecule has 3 nitrogen and oxygen atoms in total. The third-order valence-electron chi connectivity index (χ3n) is 0.1000. The van der Waals surface area contributed by atoms with Gasteiger partial charge in [-0.3, -0.25) is 0 Å². The van der Waals surface area contributed by atoms with Gasteiger partial charge in [0.15, 0.2) is 0 Å². The molecule has 0 unspecified atom stereocenters. The molecule has 3 heteroatoms. The van der Waals surface area contributed by atoms with Crippen molar-refractivity contribution in [1.29, 1.82) is 0 Å². The molecule has 0 amide bonds. The summed E-state index contributed by atoms with van der Waals surface area (Å²) in [7, 11) is 3.25. The van der Waals surface area contributed by atoms with E-state index in [0.29, 0.717) is 0 Å². The van der Waals surface area contributed by atoms with E-state index in [1.165, 1.54) is 0 Å². The van der Waals surface area contributed by atoms with Crippen molar-refractivity contribution in [2.24, 2.45) is 0 Å². The average molecular weight is 108 g/mol. The lowest BCUT2D eigenvalue weighted by atomic mass is 10.8. The molecule has 0 radical (unpaired) electrons. The summed E-state index contributed by atoms with van der Waals surface area (Å²) in [5, 5.41) is 15.2. The molecule has 2 N–H and O–H groups in total. The molecule has 0 rings (SSSR count). The zero-order valence-corrected chi connectivity index (χ0v) is 4.72. The highest BCUT2D eigenvalue weighted by Crippen LogP contribution is 1.39. The van der Waals surface area contributed by atoms with Gasteiger partial charge in [-0.05, 0) is 0 Å². The van der Waals surface area contributed by atoms with Crippen LogP contribution < -0.4 is 0 Å². The van der Waals surface area contributed by atoms with E-state index in [1.54, 1.807) is 14.2 Å². The Hall–Kier alpha value is -0.120. The number of methoxy groups -OCH3 is 1. The monoisotopic (exact) mass is 108 g/mol. The third-order valence-corrected chi connectivity index (χ3v) is 0.1000. The number of aliphatic hydroxyl groups is 2. The Morgan fingerprint density at radius 1 is 1.14 bits per heavy atom. The highest BCUT2D eigenvalue weighted by molar-refractivity contribution is 4.06. The molecule has 0 aromatic carbocycles. The topological polar surface area (TPSA) is 49.7 Å². The fraction of sp³-hybridized carbons (Fsp3) is 1.00. The van der Waals surface area contributed by atoms with Gasteiger partial charge in [0.2, 0.25) is 0 Å². The highest BCUT2D eigenvalue weighted by Gasteiger charge is 1.58. The van der Waals surface area contributed by atoms with Crippen molar-refractivity contribution < 1.29 is 14.9 Å². The molecule has 46 valence electrons. The number of aliphatic hydroxyl groups excluding tert-OH is 2. The van der Waals surface area contributed by atoms with E-state index in [0.717, 1.165) is 0 Å². The van der Waals surface area contributed by atoms with Gasteiger partial charge in [-0.25, -0.2) is 0 Å². The van der Waals surface area contributed by atoms with Crippen molar-refractivity contribution in [3.05, 3.63) is 0 Å². The van der Waals surface area contributed by atoms with Crippen LogP contribution in [0.5, 0.6) is 0 Å². The maximum atomic E-state index is 7.62. The van der Waals surface area contributed by atoms with Gasteiger partial charge in [0.25, 0.3) is 0 Å². The minimum absolute atomic E-state index is 0.125. The zero-order valence-electron chi connectivity index (χ0n) is 4.72. The summed E-state index contributed by atoms with van der Waals surface area (Å²) in [6.45, 7) is -0.250. The zero-order chi connectivity index (χ0) is 6.12. The molecule has 7 heavy (non-hydrogen) atoms. The van der Waals surface area contributed by atoms with Crippen LogP contribution in [-0.4, -0.2) is 37.6 Å². The maximum absolute atomic E-state index is 7.62. The van der Waals surface area contributed by atoms with Gasteiger partial charge >= 0.3 is 0 Å². The fourth-order valence-corrected chi connectivity index (χ4v) is 0. The van der Waals surface area contributed by atoms with Crippen LogP contribution in [0.3, 0.4) is 0 Å². The summed E-state index contributed by atoms with van der Waals surface area (Å²) in [5.74, 6) is 0. The lowest BCUT2D eigenvalue weighted by Crippen LogP contribution is -1.85. The lowest BCUT2D eigenvalue weighted by Gasteiger charge is -1.70. The van der Waals surface area contributed by atoms with E-state index in [4.69, 9.17) is 10.2 Å². The normalized spacial score (nSPS) is 6.86. The molecule has 0 saturated carbocycles. The molecule has 0 bridgehead atoms. The van der Waals surface area contributed by atoms with Crippen molar-refractivity contribution in [3.63, 3.8) is 0 Å². The second-order valence-electron chi connectivity index (χ2n) is 0.855. The van der Waals surface area contributed by atoms with Crippen LogP contribution in [0.4, 0.5) is 0 Å². The van der Waals surface area contributed by atoms with Gasteiger partial charge < -0.3 is 14.9 Å². The van der Waals surface area contributed by atoms with E-state index < -0.39 is 0 Å². The van der Waals surface area contributed by atoms with Gasteiger partial charge in [-0.2, -0.15) is 0 Å². The summed E-state index contributed by atoms with van der Waals surface area (Å²) in [5.41, 5.74) is 0. The predicted molar refractivity (Wildman–Crippen MR) is 27.1 cm³/mol. The van der Waals surface area contributed by atoms with Gasteiger partial charge in [-0.1, -0.05) is 0 Å². The Labute approximate surface area is 43.5 Å². The Balaban J connectivity index is 0. The van der Waals surface area contributed by atoms with Crippen LogP contribution >= 0.6 is 0 Å². The molecule has 0 aliphatic heterocycles. The predicted octanol–water partition coefficient (Wildman–Crippen LogP) is -0.766. The first kappa shape index (κ1) is 9.99. The molecular formula is C4H12O3. The van der Waals surface area contributed by atoms with Crippen LogP contribution in [0.1, 0.15) is 0 Å². The van der Waals surface area contributed by atoms with Crippen LogP contribution in [-0.2, 0) is 4.74 Å². The Morgan fingerprint density at radius 3 is 1.29 bits per heavy atom. The largest absolute Gasteiger partial charge is 0.394 e. The van der Waals surface area contributed by atoms with E-state index in [-0.39, 0.29) is 13.2 Å². The molecule has 0 fully saturated rings. The summed E-state index contributed by atoms with van der Waals surface area (Å²) in [4.78, 5) is 0. The molecular weight excluding hydrogens is 96.0 g/mol. The smallest absolute Gasteiger partial charge is 0.0662 e. The number of hydrogen-bond donors (Lipinski definition) is 2. The molecule has 0 aliphatic rings. The van der Waals surface area contributed by atoms with Crippen LogP contribution in [0, 0.1) is 0 Å². The SMILES string of the molecule is COC.OCCO. The van der Waals surface area contributed by atoms with Gasteiger partial charge in [0.05, 0.1) is 13.2 Å². The Morgan fingerprint density at radius 2 is 1.29 bits per heavy atom. The van der Waals surface area contributed by atoms with Crippen LogP contribution in [0.25, 0.3) is 0 Å². The van der Waals surface area contributed by atoms with Crippen molar-refractivity contribution in [1.82, 2.24) is 0 Å². The van der Waals surface area contributed by atoms with Crippen molar-refractivity contribution >= 4 is 0 Å². The number of rotatable bonds is 1. The number of ether oxygens (including phenoxy) is 1. The van der Waals surface area contributed by atoms with Crippen molar-refractivity contribution in [2.75, 3.05) is 27.4 Å². The van der Waals surface area contributed by atoms with E-state index in [2.05, 4.69) is 4.74 Å². The summed E-state index contributed by atoms with van der Waals surface area (Å²) >= 11 is 0. The highest BCUT2D eigenvalue weighted by atomic mass is 16.4. The standard InChI is InChI=1S/C2H6O2.C2H6O/c3-1-2-4;1-3-2/h3-4H,1-2H2;1-2H3. The minimum Gasteiger partial charge on any atom is -0.394 e. The number of hydrogen-bond acceptors (Lipinski definition) is 3. The average Bonchev–Trinajstić information content (AvgIpc) is 1.69. The quantitative estimate of drug-likeness (QED) is 0.464. The molecule has 0 saturated heterocycles. The maximum Gasteiger partial charge on any atom is 0.0662 e. The molecule has 0 heterocycles. The van der Waals surface area contributed by atoms with E-state index in [1.807, 2.05) is 0 Å². The first-order valence-corrected chi connectivity index (χ1v) is 1.95. The fourth-order valence-electron chi connectivity index (χ4n) is 0. The lowest BCUT2D eigenvalue weighted by molar-refractivity contribution is 0.186. The first-order valence-electron chi connectivity index (χ1n) is 1.95. The molecule has 0 aromatic rings. The Bertz CT molecular complexity index is 14.4. The molecule has 0 aromatic heterocycles. The molecule has 0 spiro atoms. The Kier molecular flexibility index (Phi) is 24.1. The second kappa shape index (κ2) is 16.9. The van der Waals surface area contributed by atoms with Gasteiger partial charge in [0.1, 0.15) is 0 Å². The van der Waals surface area contributed by atoms with Crippen LogP contribution in [0.15, 0.2) is 0 Å². The summed E-state index contributed by atoms with van der Waals surface area (Å²) < 4.78 is 4.25. The second-order valence-corrected chi connectivity index (χ2v) is 0.855. The van der Waals surface area contributed by atoms with Crippen molar-refractivity contribution in [2.45, 2.75) is 0 Å². The first-order chi connectivity index (χ1) is 3.33. The van der Waals surface area contributed by atoms with E-state index in [9.17, 15) is 0 Å². The minimum atomic E-state index is -0.125. The molecule has 0 atom stereocenters. The van der Waals surface area contributed by atoms with Gasteiger partial charge in [-0.15, -0.1) is 0 Å². The van der Waals surface area contributed by atoms with Crippen LogP contribution in [0.2, 0.25) is 0 Å². The van der Waals surface area contributed by atoms with E-state index >= 15 is 0 Å². The van der Waals surface area contributed by atoms with Gasteiger partial charge in [0, 0.05) is 14.2 Å². The summed E-state index contributed by atoms with van der Waals surface area (Å²) in [6.07, 6.45) is 0.